The summed E-state index contributed by atoms with van der Waals surface area (Å²) in [5.41, 5.74) is 0. The first kappa shape index (κ1) is 55.9. The Labute approximate surface area is 357 Å². The van der Waals surface area contributed by atoms with Gasteiger partial charge in [0.25, 0.3) is 7.82 Å². The van der Waals surface area contributed by atoms with Gasteiger partial charge in [0.1, 0.15) is 19.3 Å². The van der Waals surface area contributed by atoms with Crippen LogP contribution in [0.5, 0.6) is 0 Å². The highest BCUT2D eigenvalue weighted by molar-refractivity contribution is 7.45. The second-order valence-corrected chi connectivity index (χ2v) is 17.8. The second-order valence-electron chi connectivity index (χ2n) is 16.4. The number of carbonyl (C=O) groups excluding carboxylic acids is 1. The van der Waals surface area contributed by atoms with Gasteiger partial charge in [-0.3, -0.25) is 9.36 Å². The molecule has 336 valence electrons. The monoisotopic (exact) mass is 834 g/mol. The average molecular weight is 834 g/mol. The van der Waals surface area contributed by atoms with Crippen molar-refractivity contribution in [2.24, 2.45) is 0 Å². The van der Waals surface area contributed by atoms with E-state index in [4.69, 9.17) is 18.5 Å². The van der Waals surface area contributed by atoms with E-state index in [9.17, 15) is 14.3 Å². The lowest BCUT2D eigenvalue weighted by Crippen LogP contribution is -2.37. The molecule has 0 bridgehead atoms. The van der Waals surface area contributed by atoms with E-state index in [1.54, 1.807) is 0 Å². The molecule has 0 radical (unpaired) electrons. The second kappa shape index (κ2) is 41.7. The molecular formula is C49H88NO7P. The Morgan fingerprint density at radius 1 is 0.552 bits per heavy atom. The predicted molar refractivity (Wildman–Crippen MR) is 245 cm³/mol. The van der Waals surface area contributed by atoms with E-state index < -0.39 is 13.9 Å². The van der Waals surface area contributed by atoms with Gasteiger partial charge in [-0.1, -0.05) is 157 Å². The fraction of sp³-hybridized carbons (Fsp3) is 0.735. The number of rotatable bonds is 42. The fourth-order valence-corrected chi connectivity index (χ4v) is 6.65. The third kappa shape index (κ3) is 45.0. The van der Waals surface area contributed by atoms with Crippen molar-refractivity contribution in [1.82, 2.24) is 0 Å². The first-order valence-corrected chi connectivity index (χ1v) is 24.6. The highest BCUT2D eigenvalue weighted by Gasteiger charge is 2.20. The third-order valence-electron chi connectivity index (χ3n) is 9.49. The molecule has 0 N–H and O–H groups in total. The van der Waals surface area contributed by atoms with Crippen LogP contribution in [0, 0.1) is 0 Å². The van der Waals surface area contributed by atoms with E-state index in [1.165, 1.54) is 83.5 Å². The molecule has 9 heteroatoms. The van der Waals surface area contributed by atoms with Gasteiger partial charge >= 0.3 is 5.97 Å². The Bertz CT molecular complexity index is 1150. The average Bonchev–Trinajstić information content (AvgIpc) is 3.18. The Balaban J connectivity index is 4.31. The van der Waals surface area contributed by atoms with Gasteiger partial charge < -0.3 is 27.9 Å². The quantitative estimate of drug-likeness (QED) is 0.0199. The van der Waals surface area contributed by atoms with Crippen LogP contribution in [0.25, 0.3) is 0 Å². The molecule has 0 fully saturated rings. The van der Waals surface area contributed by atoms with Crippen LogP contribution in [0.2, 0.25) is 0 Å². The summed E-state index contributed by atoms with van der Waals surface area (Å²) in [7, 11) is 1.32. The summed E-state index contributed by atoms with van der Waals surface area (Å²) in [6.07, 6.45) is 53.5. The number of carbonyl (C=O) groups is 1. The summed E-state index contributed by atoms with van der Waals surface area (Å²) in [6.45, 7) is 5.17. The maximum absolute atomic E-state index is 12.7. The number of unbranched alkanes of at least 4 members (excludes halogenated alkanes) is 16. The highest BCUT2D eigenvalue weighted by Crippen LogP contribution is 2.38. The van der Waals surface area contributed by atoms with E-state index in [2.05, 4.69) is 86.8 Å². The SMILES string of the molecule is CC/C=C\C/C=C\C/C=C\C/C=C\C/C=C\CCCCOCC(COP(=O)([O-])OCC[N+](C)(C)C)OC(=O)CCCCCCCCC/C=C\CCCCCCCCC. The molecule has 2 unspecified atom stereocenters. The lowest BCUT2D eigenvalue weighted by atomic mass is 10.1. The normalized spacial score (nSPS) is 14.4. The molecule has 0 saturated carbocycles. The minimum absolute atomic E-state index is 0.0134. The van der Waals surface area contributed by atoms with Crippen LogP contribution in [0.4, 0.5) is 0 Å². The van der Waals surface area contributed by atoms with Gasteiger partial charge in [-0.25, -0.2) is 0 Å². The Hall–Kier alpha value is -2.06. The molecule has 0 rings (SSSR count). The molecule has 0 spiro atoms. The molecule has 0 aromatic carbocycles. The van der Waals surface area contributed by atoms with Gasteiger partial charge in [0, 0.05) is 13.0 Å². The number of allylic oxidation sites excluding steroid dienone is 12. The number of nitrogens with zero attached hydrogens (tertiary/aromatic N) is 1. The molecule has 0 aliphatic heterocycles. The number of ether oxygens (including phenoxy) is 2. The van der Waals surface area contributed by atoms with Gasteiger partial charge in [-0.05, 0) is 83.5 Å². The van der Waals surface area contributed by atoms with Gasteiger partial charge in [-0.2, -0.15) is 0 Å². The zero-order valence-electron chi connectivity index (χ0n) is 38.0. The number of quaternary nitrogens is 1. The zero-order valence-corrected chi connectivity index (χ0v) is 38.9. The van der Waals surface area contributed by atoms with Gasteiger partial charge in [-0.15, -0.1) is 0 Å². The molecule has 58 heavy (non-hydrogen) atoms. The van der Waals surface area contributed by atoms with Crippen LogP contribution in [0.1, 0.15) is 174 Å². The van der Waals surface area contributed by atoms with Crippen molar-refractivity contribution in [1.29, 1.82) is 0 Å². The summed E-state index contributed by atoms with van der Waals surface area (Å²) in [5.74, 6) is -0.356. The third-order valence-corrected chi connectivity index (χ3v) is 10.5. The molecule has 0 aliphatic rings. The molecule has 0 aromatic heterocycles. The van der Waals surface area contributed by atoms with Crippen molar-refractivity contribution in [2.75, 3.05) is 54.1 Å². The summed E-state index contributed by atoms with van der Waals surface area (Å²) < 4.78 is 34.6. The zero-order chi connectivity index (χ0) is 42.7. The predicted octanol–water partition coefficient (Wildman–Crippen LogP) is 13.3. The molecule has 0 amide bonds. The Morgan fingerprint density at radius 3 is 1.52 bits per heavy atom. The van der Waals surface area contributed by atoms with Gasteiger partial charge in [0.15, 0.2) is 0 Å². The van der Waals surface area contributed by atoms with Crippen molar-refractivity contribution in [3.8, 4) is 0 Å². The first-order valence-electron chi connectivity index (χ1n) is 23.2. The molecule has 0 heterocycles. The fourth-order valence-electron chi connectivity index (χ4n) is 5.92. The Morgan fingerprint density at radius 2 is 1.00 bits per heavy atom. The number of phosphoric acid groups is 1. The summed E-state index contributed by atoms with van der Waals surface area (Å²) in [5, 5.41) is 0. The van der Waals surface area contributed by atoms with E-state index in [0.717, 1.165) is 70.6 Å². The first-order chi connectivity index (χ1) is 28.1. The van der Waals surface area contributed by atoms with E-state index in [0.29, 0.717) is 24.1 Å². The van der Waals surface area contributed by atoms with Crippen molar-refractivity contribution >= 4 is 13.8 Å². The van der Waals surface area contributed by atoms with Crippen molar-refractivity contribution in [3.05, 3.63) is 72.9 Å². The molecule has 8 nitrogen and oxygen atoms in total. The molecule has 2 atom stereocenters. The van der Waals surface area contributed by atoms with Crippen molar-refractivity contribution in [2.45, 2.75) is 180 Å². The minimum Gasteiger partial charge on any atom is -0.756 e. The van der Waals surface area contributed by atoms with Crippen molar-refractivity contribution < 1.29 is 37.3 Å². The molecular weight excluding hydrogens is 746 g/mol. The topological polar surface area (TPSA) is 94.1 Å². The maximum atomic E-state index is 12.7. The number of likely N-dealkylation sites (N-methyl/N-ethyl adjacent to an activating group) is 1. The maximum Gasteiger partial charge on any atom is 0.306 e. The van der Waals surface area contributed by atoms with Crippen LogP contribution in [-0.2, 0) is 27.9 Å². The summed E-state index contributed by atoms with van der Waals surface area (Å²) in [6, 6.07) is 0. The summed E-state index contributed by atoms with van der Waals surface area (Å²) >= 11 is 0. The minimum atomic E-state index is -4.54. The van der Waals surface area contributed by atoms with E-state index in [-0.39, 0.29) is 25.8 Å². The number of esters is 1. The van der Waals surface area contributed by atoms with Crippen LogP contribution in [0.3, 0.4) is 0 Å². The largest absolute Gasteiger partial charge is 0.756 e. The smallest absolute Gasteiger partial charge is 0.306 e. The van der Waals surface area contributed by atoms with E-state index in [1.807, 2.05) is 21.1 Å². The van der Waals surface area contributed by atoms with E-state index >= 15 is 0 Å². The molecule has 0 aliphatic carbocycles. The van der Waals surface area contributed by atoms with Crippen LogP contribution in [0.15, 0.2) is 72.9 Å². The summed E-state index contributed by atoms with van der Waals surface area (Å²) in [4.78, 5) is 25.1. The number of phosphoric ester groups is 1. The van der Waals surface area contributed by atoms with Crippen LogP contribution in [-0.4, -0.2) is 70.7 Å². The van der Waals surface area contributed by atoms with Crippen molar-refractivity contribution in [3.63, 3.8) is 0 Å². The number of hydrogen-bond acceptors (Lipinski definition) is 7. The standard InChI is InChI=1S/C49H88NO7P/c1-6-8-10-12-14-16-18-20-22-24-26-28-30-32-34-36-38-40-42-49(51)57-48(47-56-58(52,53)55-45-43-50(3,4)5)46-54-44-41-39-37-35-33-31-29-27-25-23-21-19-17-15-13-11-9-7-2/h9,11,15,17,21-24,27,29,33,35,48H,6-8,10,12-14,16,18-20,25-26,28,30-32,34,36-47H2,1-5H3/b11-9-,17-15-,23-21-,24-22-,29-27-,35-33-. The molecule has 0 saturated heterocycles. The Kier molecular flexibility index (Phi) is 40.2. The highest BCUT2D eigenvalue weighted by atomic mass is 31.2. The molecule has 0 aromatic rings. The number of hydrogen-bond donors (Lipinski definition) is 0. The lowest BCUT2D eigenvalue weighted by molar-refractivity contribution is -0.870. The lowest BCUT2D eigenvalue weighted by Gasteiger charge is -2.28. The van der Waals surface area contributed by atoms with Gasteiger partial charge in [0.05, 0.1) is 34.4 Å². The van der Waals surface area contributed by atoms with Crippen LogP contribution >= 0.6 is 7.82 Å². The van der Waals surface area contributed by atoms with Crippen LogP contribution < -0.4 is 4.89 Å². The van der Waals surface area contributed by atoms with Gasteiger partial charge in [0.2, 0.25) is 0 Å².